The number of benzene rings is 1. The zero-order valence-corrected chi connectivity index (χ0v) is 14.5. The molecule has 2 aliphatic heterocycles. The van der Waals surface area contributed by atoms with Crippen LogP contribution in [0.1, 0.15) is 67.8 Å². The van der Waals surface area contributed by atoms with Crippen LogP contribution in [-0.2, 0) is 16.0 Å². The van der Waals surface area contributed by atoms with Gasteiger partial charge in [-0.2, -0.15) is 0 Å². The predicted octanol–water partition coefficient (Wildman–Crippen LogP) is 3.59. The fraction of sp³-hybridized carbons (Fsp3) is 0.600. The van der Waals surface area contributed by atoms with E-state index in [-0.39, 0.29) is 12.5 Å². The van der Waals surface area contributed by atoms with E-state index in [1.807, 2.05) is 19.1 Å². The topological polar surface area (TPSA) is 46.6 Å². The number of carbonyl (C=O) groups excluding carboxylic acids is 2. The number of hydrogen-bond donors (Lipinski definition) is 0. The van der Waals surface area contributed by atoms with Crippen molar-refractivity contribution in [2.75, 3.05) is 6.61 Å². The number of hydrogen-bond acceptors (Lipinski definition) is 3. The average molecular weight is 333 g/mol. The largest absolute Gasteiger partial charge is 0.466 e. The zero-order chi connectivity index (χ0) is 20.9. The molecule has 4 atom stereocenters. The fourth-order valence-corrected chi connectivity index (χ4v) is 3.57. The van der Waals surface area contributed by atoms with E-state index < -0.39 is 36.2 Å². The summed E-state index contributed by atoms with van der Waals surface area (Å²) in [5, 5.41) is 0. The predicted molar refractivity (Wildman–Crippen MR) is 92.8 cm³/mol. The molecule has 2 fully saturated rings. The Hall–Kier alpha value is -1.84. The number of rotatable bonds is 4. The summed E-state index contributed by atoms with van der Waals surface area (Å²) in [6.45, 7) is 5.20. The van der Waals surface area contributed by atoms with Crippen molar-refractivity contribution < 1.29 is 19.8 Å². The first-order chi connectivity index (χ1) is 13.1. The lowest BCUT2D eigenvalue weighted by atomic mass is 9.82. The summed E-state index contributed by atoms with van der Waals surface area (Å²) in [4.78, 5) is 27.3. The number of aryl methyl sites for hydroxylation is 1. The molecule has 0 N–H and O–H groups in total. The molecule has 1 aromatic rings. The van der Waals surface area contributed by atoms with Crippen molar-refractivity contribution in [3.63, 3.8) is 0 Å². The van der Waals surface area contributed by atoms with Crippen LogP contribution >= 0.6 is 0 Å². The van der Waals surface area contributed by atoms with Gasteiger partial charge < -0.3 is 9.64 Å². The lowest BCUT2D eigenvalue weighted by Crippen LogP contribution is -2.54. The van der Waals surface area contributed by atoms with Crippen molar-refractivity contribution in [1.82, 2.24) is 4.90 Å². The minimum absolute atomic E-state index is 0.00999. The molecule has 0 aliphatic carbocycles. The van der Waals surface area contributed by atoms with Gasteiger partial charge in [0.1, 0.15) is 0 Å². The Morgan fingerprint density at radius 2 is 2.08 bits per heavy atom. The third kappa shape index (κ3) is 2.94. The molecule has 0 aromatic heterocycles. The van der Waals surface area contributed by atoms with Gasteiger partial charge in [0, 0.05) is 22.6 Å². The van der Waals surface area contributed by atoms with E-state index in [0.29, 0.717) is 18.4 Å². The Bertz CT molecular complexity index is 784. The van der Waals surface area contributed by atoms with E-state index in [9.17, 15) is 9.59 Å². The van der Waals surface area contributed by atoms with Crippen LogP contribution in [0.25, 0.3) is 0 Å². The molecule has 2 bridgehead atoms. The zero-order valence-electron chi connectivity index (χ0n) is 18.5. The molecule has 0 saturated carbocycles. The molecule has 3 rings (SSSR count). The molecular weight excluding hydrogens is 302 g/mol. The van der Waals surface area contributed by atoms with E-state index >= 15 is 0 Å². The van der Waals surface area contributed by atoms with Crippen LogP contribution in [0.3, 0.4) is 0 Å². The lowest BCUT2D eigenvalue weighted by Gasteiger charge is -2.45. The summed E-state index contributed by atoms with van der Waals surface area (Å²) in [6, 6.07) is 6.44. The van der Waals surface area contributed by atoms with Crippen molar-refractivity contribution in [3.05, 3.63) is 35.4 Å². The van der Waals surface area contributed by atoms with Crippen molar-refractivity contribution in [1.29, 1.82) is 0 Å². The van der Waals surface area contributed by atoms with E-state index in [0.717, 1.165) is 12.0 Å². The molecule has 2 aliphatic rings. The third-order valence-corrected chi connectivity index (χ3v) is 4.88. The van der Waals surface area contributed by atoms with Crippen LogP contribution < -0.4 is 0 Å². The minimum atomic E-state index is -2.44. The average Bonchev–Trinajstić information content (AvgIpc) is 3.02. The number of fused-ring (bicyclic) bond motifs is 2. The molecule has 0 spiro atoms. The molecular formula is C20H27NO3. The van der Waals surface area contributed by atoms with Gasteiger partial charge in [0.05, 0.1) is 12.5 Å². The smallest absolute Gasteiger partial charge is 0.309 e. The number of carbonyl (C=O) groups is 2. The summed E-state index contributed by atoms with van der Waals surface area (Å²) >= 11 is 0. The first-order valence-electron chi connectivity index (χ1n) is 10.7. The van der Waals surface area contributed by atoms with Gasteiger partial charge in [0.2, 0.25) is 0 Å². The molecule has 4 nitrogen and oxygen atoms in total. The van der Waals surface area contributed by atoms with Gasteiger partial charge in [-0.25, -0.2) is 0 Å². The highest BCUT2D eigenvalue weighted by Gasteiger charge is 2.52. The maximum atomic E-state index is 13.3. The minimum Gasteiger partial charge on any atom is -0.466 e. The van der Waals surface area contributed by atoms with Crippen LogP contribution in [0.2, 0.25) is 0 Å². The van der Waals surface area contributed by atoms with Crippen LogP contribution in [-0.4, -0.2) is 35.0 Å². The van der Waals surface area contributed by atoms with E-state index in [1.54, 1.807) is 26.0 Å². The molecule has 2 heterocycles. The van der Waals surface area contributed by atoms with Crippen molar-refractivity contribution >= 4 is 11.9 Å². The Balaban J connectivity index is 2.05. The van der Waals surface area contributed by atoms with E-state index in [2.05, 4.69) is 0 Å². The van der Waals surface area contributed by atoms with Gasteiger partial charge in [-0.3, -0.25) is 9.59 Å². The number of piperidine rings is 1. The summed E-state index contributed by atoms with van der Waals surface area (Å²) in [7, 11) is 0. The maximum absolute atomic E-state index is 13.3. The second kappa shape index (κ2) is 6.58. The second-order valence-corrected chi connectivity index (χ2v) is 6.53. The highest BCUT2D eigenvalue weighted by Crippen LogP contribution is 2.47. The van der Waals surface area contributed by atoms with Gasteiger partial charge in [-0.1, -0.05) is 19.1 Å². The summed E-state index contributed by atoms with van der Waals surface area (Å²) in [5.41, 5.74) is 0.141. The Kier molecular flexibility index (Phi) is 3.43. The highest BCUT2D eigenvalue weighted by atomic mass is 16.5. The summed E-state index contributed by atoms with van der Waals surface area (Å²) < 4.78 is 39.7. The van der Waals surface area contributed by atoms with Gasteiger partial charge in [0.15, 0.2) is 0 Å². The number of amides is 1. The quantitative estimate of drug-likeness (QED) is 0.791. The lowest BCUT2D eigenvalue weighted by molar-refractivity contribution is -0.151. The van der Waals surface area contributed by atoms with Crippen molar-refractivity contribution in [2.24, 2.45) is 5.89 Å². The molecule has 4 unspecified atom stereocenters. The van der Waals surface area contributed by atoms with Gasteiger partial charge in [-0.05, 0) is 63.6 Å². The maximum Gasteiger partial charge on any atom is 0.309 e. The summed E-state index contributed by atoms with van der Waals surface area (Å²) in [5.74, 6) is -3.78. The first kappa shape index (κ1) is 12.5. The fourth-order valence-electron chi connectivity index (χ4n) is 3.57. The van der Waals surface area contributed by atoms with Gasteiger partial charge in [0.25, 0.3) is 5.91 Å². The second-order valence-electron chi connectivity index (χ2n) is 6.53. The SMILES string of the molecule is [2H]C1C2CCC(C)(N2C(=O)c2ccc(CC)cc2)C([2H])([2H])C1([2H])C(=O)OCC. The molecule has 130 valence electrons. The first-order valence-corrected chi connectivity index (χ1v) is 8.58. The van der Waals surface area contributed by atoms with Crippen LogP contribution in [0.4, 0.5) is 0 Å². The number of nitrogens with zero attached hydrogens (tertiary/aromatic N) is 1. The molecule has 0 radical (unpaired) electrons. The molecule has 1 amide bonds. The Labute approximate surface area is 149 Å². The summed E-state index contributed by atoms with van der Waals surface area (Å²) in [6.07, 6.45) is -2.36. The third-order valence-electron chi connectivity index (χ3n) is 4.88. The molecule has 1 aromatic carbocycles. The van der Waals surface area contributed by atoms with Crippen molar-refractivity contribution in [2.45, 2.75) is 64.4 Å². The Morgan fingerprint density at radius 1 is 1.38 bits per heavy atom. The van der Waals surface area contributed by atoms with Crippen molar-refractivity contribution in [3.8, 4) is 0 Å². The van der Waals surface area contributed by atoms with Crippen LogP contribution in [0.5, 0.6) is 0 Å². The standard InChI is InChI=1S/C20H27NO3/c1-4-14-6-8-15(9-7-14)18(22)21-17-10-11-20(21,3)13-16(12-17)19(23)24-5-2/h6-9,16-17H,4-5,10-13H2,1-3H3/i12D,13D2,16D. The van der Waals surface area contributed by atoms with Crippen LogP contribution in [0.15, 0.2) is 24.3 Å². The Morgan fingerprint density at radius 3 is 2.71 bits per heavy atom. The van der Waals surface area contributed by atoms with E-state index in [4.69, 9.17) is 10.2 Å². The number of esters is 1. The van der Waals surface area contributed by atoms with E-state index in [1.165, 1.54) is 4.90 Å². The monoisotopic (exact) mass is 333 g/mol. The number of ether oxygens (including phenoxy) is 1. The molecule has 4 heteroatoms. The van der Waals surface area contributed by atoms with Gasteiger partial charge >= 0.3 is 5.97 Å². The van der Waals surface area contributed by atoms with Crippen LogP contribution in [0, 0.1) is 5.89 Å². The molecule has 2 saturated heterocycles. The molecule has 24 heavy (non-hydrogen) atoms. The highest BCUT2D eigenvalue weighted by molar-refractivity contribution is 5.95. The van der Waals surface area contributed by atoms with Gasteiger partial charge in [-0.15, -0.1) is 0 Å². The normalized spacial score (nSPS) is 39.4.